The van der Waals surface area contributed by atoms with E-state index < -0.39 is 0 Å². The van der Waals surface area contributed by atoms with Crippen LogP contribution in [-0.2, 0) is 10.2 Å². The van der Waals surface area contributed by atoms with Crippen LogP contribution in [0.4, 0.5) is 0 Å². The summed E-state index contributed by atoms with van der Waals surface area (Å²) in [6.07, 6.45) is 5.54. The van der Waals surface area contributed by atoms with E-state index in [0.717, 1.165) is 13.0 Å². The zero-order valence-corrected chi connectivity index (χ0v) is 13.8. The zero-order chi connectivity index (χ0) is 15.6. The van der Waals surface area contributed by atoms with E-state index in [1.807, 2.05) is 18.2 Å². The highest BCUT2D eigenvalue weighted by Gasteiger charge is 2.36. The quantitative estimate of drug-likeness (QED) is 0.926. The summed E-state index contributed by atoms with van der Waals surface area (Å²) in [6, 6.07) is 11.3. The van der Waals surface area contributed by atoms with Crippen molar-refractivity contribution in [1.82, 2.24) is 10.2 Å². The summed E-state index contributed by atoms with van der Waals surface area (Å²) in [6.45, 7) is 6.68. The molecule has 2 saturated heterocycles. The summed E-state index contributed by atoms with van der Waals surface area (Å²) >= 11 is 0. The molecule has 1 aromatic rings. The summed E-state index contributed by atoms with van der Waals surface area (Å²) in [5.41, 5.74) is 1.12. The SMILES string of the molecule is CC(C)(CC(=O)N[C@H]1CCN2CCCC[C@@H]12)c1ccccc1. The van der Waals surface area contributed by atoms with Crippen LogP contribution in [0.3, 0.4) is 0 Å². The number of amides is 1. The van der Waals surface area contributed by atoms with Gasteiger partial charge in [0.15, 0.2) is 0 Å². The minimum Gasteiger partial charge on any atom is -0.352 e. The van der Waals surface area contributed by atoms with Crippen LogP contribution in [0, 0.1) is 0 Å². The Morgan fingerprint density at radius 2 is 1.95 bits per heavy atom. The van der Waals surface area contributed by atoms with Crippen LogP contribution in [0.25, 0.3) is 0 Å². The third-order valence-electron chi connectivity index (χ3n) is 5.36. The third kappa shape index (κ3) is 3.35. The van der Waals surface area contributed by atoms with Gasteiger partial charge in [-0.1, -0.05) is 50.6 Å². The monoisotopic (exact) mass is 300 g/mol. The first-order valence-corrected chi connectivity index (χ1v) is 8.65. The highest BCUT2D eigenvalue weighted by Crippen LogP contribution is 2.29. The standard InChI is InChI=1S/C19H28N2O/c1-19(2,15-8-4-3-5-9-15)14-18(22)20-16-11-13-21-12-7-6-10-17(16)21/h3-5,8-9,16-17H,6-7,10-14H2,1-2H3,(H,20,22)/t16-,17-/m0/s1. The fourth-order valence-electron chi connectivity index (χ4n) is 4.07. The van der Waals surface area contributed by atoms with Crippen molar-refractivity contribution < 1.29 is 4.79 Å². The molecule has 1 aromatic carbocycles. The second-order valence-electron chi connectivity index (χ2n) is 7.49. The third-order valence-corrected chi connectivity index (χ3v) is 5.36. The van der Waals surface area contributed by atoms with Crippen LogP contribution >= 0.6 is 0 Å². The Labute approximate surface area is 134 Å². The van der Waals surface area contributed by atoms with E-state index in [9.17, 15) is 4.79 Å². The minimum atomic E-state index is -0.115. The number of hydrogen-bond donors (Lipinski definition) is 1. The largest absolute Gasteiger partial charge is 0.352 e. The molecule has 3 rings (SSSR count). The lowest BCUT2D eigenvalue weighted by Crippen LogP contribution is -2.47. The predicted molar refractivity (Wildman–Crippen MR) is 89.8 cm³/mol. The van der Waals surface area contributed by atoms with Crippen LogP contribution in [0.2, 0.25) is 0 Å². The molecular weight excluding hydrogens is 272 g/mol. The average Bonchev–Trinajstić information content (AvgIpc) is 2.91. The molecule has 1 N–H and O–H groups in total. The Morgan fingerprint density at radius 1 is 1.18 bits per heavy atom. The molecule has 0 aromatic heterocycles. The van der Waals surface area contributed by atoms with Gasteiger partial charge in [-0.15, -0.1) is 0 Å². The highest BCUT2D eigenvalue weighted by atomic mass is 16.1. The Morgan fingerprint density at radius 3 is 2.73 bits per heavy atom. The lowest BCUT2D eigenvalue weighted by molar-refractivity contribution is -0.123. The van der Waals surface area contributed by atoms with Gasteiger partial charge in [0, 0.05) is 25.0 Å². The Balaban J connectivity index is 1.58. The zero-order valence-electron chi connectivity index (χ0n) is 13.8. The van der Waals surface area contributed by atoms with Crippen molar-refractivity contribution in [3.8, 4) is 0 Å². The van der Waals surface area contributed by atoms with Gasteiger partial charge in [0.2, 0.25) is 5.91 Å². The van der Waals surface area contributed by atoms with Crippen molar-refractivity contribution >= 4 is 5.91 Å². The first-order chi connectivity index (χ1) is 10.6. The van der Waals surface area contributed by atoms with E-state index in [1.54, 1.807) is 0 Å². The molecule has 1 amide bonds. The van der Waals surface area contributed by atoms with Crippen LogP contribution in [0.5, 0.6) is 0 Å². The van der Waals surface area contributed by atoms with Crippen LogP contribution < -0.4 is 5.32 Å². The molecule has 0 unspecified atom stereocenters. The molecule has 2 aliphatic heterocycles. The molecule has 0 aliphatic carbocycles. The number of carbonyl (C=O) groups is 1. The number of piperidine rings is 1. The summed E-state index contributed by atoms with van der Waals surface area (Å²) in [5, 5.41) is 3.32. The fraction of sp³-hybridized carbons (Fsp3) is 0.632. The molecular formula is C19H28N2O. The Hall–Kier alpha value is -1.35. The van der Waals surface area contributed by atoms with Gasteiger partial charge in [0.05, 0.1) is 0 Å². The average molecular weight is 300 g/mol. The molecule has 3 nitrogen and oxygen atoms in total. The van der Waals surface area contributed by atoms with Crippen molar-refractivity contribution in [1.29, 1.82) is 0 Å². The van der Waals surface area contributed by atoms with Gasteiger partial charge in [0.1, 0.15) is 0 Å². The van der Waals surface area contributed by atoms with Gasteiger partial charge in [-0.05, 0) is 36.8 Å². The van der Waals surface area contributed by atoms with Crippen molar-refractivity contribution in [2.45, 2.75) is 63.5 Å². The first kappa shape index (κ1) is 15.5. The molecule has 0 radical (unpaired) electrons. The van der Waals surface area contributed by atoms with E-state index >= 15 is 0 Å². The lowest BCUT2D eigenvalue weighted by Gasteiger charge is -2.33. The highest BCUT2D eigenvalue weighted by molar-refractivity contribution is 5.78. The Kier molecular flexibility index (Phi) is 4.53. The van der Waals surface area contributed by atoms with Gasteiger partial charge in [0.25, 0.3) is 0 Å². The van der Waals surface area contributed by atoms with Crippen LogP contribution in [-0.4, -0.2) is 36.0 Å². The predicted octanol–water partition coefficient (Wildman–Crippen LogP) is 3.10. The molecule has 2 fully saturated rings. The summed E-state index contributed by atoms with van der Waals surface area (Å²) in [4.78, 5) is 15.1. The van der Waals surface area contributed by atoms with E-state index in [4.69, 9.17) is 0 Å². The van der Waals surface area contributed by atoms with E-state index in [2.05, 4.69) is 36.2 Å². The van der Waals surface area contributed by atoms with Crippen LogP contribution in [0.15, 0.2) is 30.3 Å². The van der Waals surface area contributed by atoms with E-state index in [1.165, 1.54) is 31.4 Å². The smallest absolute Gasteiger partial charge is 0.221 e. The minimum absolute atomic E-state index is 0.115. The normalized spacial score (nSPS) is 25.7. The van der Waals surface area contributed by atoms with Crippen molar-refractivity contribution in [3.63, 3.8) is 0 Å². The maximum atomic E-state index is 12.5. The lowest BCUT2D eigenvalue weighted by atomic mass is 9.81. The van der Waals surface area contributed by atoms with Crippen molar-refractivity contribution in [2.75, 3.05) is 13.1 Å². The van der Waals surface area contributed by atoms with Crippen molar-refractivity contribution in [3.05, 3.63) is 35.9 Å². The van der Waals surface area contributed by atoms with Gasteiger partial charge >= 0.3 is 0 Å². The molecule has 120 valence electrons. The number of benzene rings is 1. The molecule has 0 bridgehead atoms. The summed E-state index contributed by atoms with van der Waals surface area (Å²) in [5.74, 6) is 0.200. The number of fused-ring (bicyclic) bond motifs is 1. The second-order valence-corrected chi connectivity index (χ2v) is 7.49. The topological polar surface area (TPSA) is 32.3 Å². The molecule has 0 spiro atoms. The molecule has 2 heterocycles. The molecule has 2 aliphatic rings. The first-order valence-electron chi connectivity index (χ1n) is 8.65. The fourth-order valence-corrected chi connectivity index (χ4v) is 4.07. The number of hydrogen-bond acceptors (Lipinski definition) is 2. The number of nitrogens with zero attached hydrogens (tertiary/aromatic N) is 1. The van der Waals surface area contributed by atoms with Crippen molar-refractivity contribution in [2.24, 2.45) is 0 Å². The number of nitrogens with one attached hydrogen (secondary N) is 1. The maximum absolute atomic E-state index is 12.5. The molecule has 0 saturated carbocycles. The number of rotatable bonds is 4. The van der Waals surface area contributed by atoms with Gasteiger partial charge in [-0.25, -0.2) is 0 Å². The molecule has 22 heavy (non-hydrogen) atoms. The van der Waals surface area contributed by atoms with Gasteiger partial charge in [-0.2, -0.15) is 0 Å². The summed E-state index contributed by atoms with van der Waals surface area (Å²) in [7, 11) is 0. The maximum Gasteiger partial charge on any atom is 0.221 e. The van der Waals surface area contributed by atoms with Crippen LogP contribution in [0.1, 0.15) is 51.5 Å². The van der Waals surface area contributed by atoms with E-state index in [-0.39, 0.29) is 11.3 Å². The second kappa shape index (κ2) is 6.41. The molecule has 2 atom stereocenters. The molecule has 3 heteroatoms. The summed E-state index contributed by atoms with van der Waals surface area (Å²) < 4.78 is 0. The Bertz CT molecular complexity index is 511. The van der Waals surface area contributed by atoms with Gasteiger partial charge < -0.3 is 5.32 Å². The van der Waals surface area contributed by atoms with Gasteiger partial charge in [-0.3, -0.25) is 9.69 Å². The van der Waals surface area contributed by atoms with E-state index in [0.29, 0.717) is 18.5 Å². The number of carbonyl (C=O) groups excluding carboxylic acids is 1.